The van der Waals surface area contributed by atoms with Crippen LogP contribution in [-0.4, -0.2) is 0 Å². The van der Waals surface area contributed by atoms with E-state index in [1.54, 1.807) is 0 Å². The summed E-state index contributed by atoms with van der Waals surface area (Å²) in [6, 6.07) is 0. The maximum Gasteiger partial charge on any atom is -0.0348 e. The van der Waals surface area contributed by atoms with Gasteiger partial charge in [0.05, 0.1) is 0 Å². The van der Waals surface area contributed by atoms with Gasteiger partial charge in [-0.25, -0.2) is 0 Å². The van der Waals surface area contributed by atoms with Crippen molar-refractivity contribution in [2.24, 2.45) is 17.8 Å². The lowest BCUT2D eigenvalue weighted by Gasteiger charge is -2.23. The van der Waals surface area contributed by atoms with E-state index >= 15 is 0 Å². The van der Waals surface area contributed by atoms with Gasteiger partial charge in [-0.1, -0.05) is 52.2 Å². The van der Waals surface area contributed by atoms with Gasteiger partial charge in [0.1, 0.15) is 0 Å². The van der Waals surface area contributed by atoms with E-state index in [0.29, 0.717) is 0 Å². The molecule has 0 radical (unpaired) electrons. The zero-order valence-corrected chi connectivity index (χ0v) is 10.8. The molecule has 2 unspecified atom stereocenters. The molecule has 0 heteroatoms. The lowest BCUT2D eigenvalue weighted by molar-refractivity contribution is 0.285. The zero-order chi connectivity index (χ0) is 11.1. The highest BCUT2D eigenvalue weighted by atomic mass is 14.2. The Balaban J connectivity index is 2.23. The maximum absolute atomic E-state index is 2.47. The average Bonchev–Trinajstić information content (AvgIpc) is 2.53. The fraction of sp³-hybridized carbons (Fsp3) is 0.867. The lowest BCUT2D eigenvalue weighted by Crippen LogP contribution is -2.12. The van der Waals surface area contributed by atoms with Crippen LogP contribution in [0.3, 0.4) is 0 Å². The number of hydrogen-bond acceptors (Lipinski definition) is 0. The molecule has 0 nitrogen and oxygen atoms in total. The molecule has 0 amide bonds. The first kappa shape index (κ1) is 12.8. The summed E-state index contributed by atoms with van der Waals surface area (Å²) >= 11 is 0. The van der Waals surface area contributed by atoms with Crippen molar-refractivity contribution in [2.75, 3.05) is 0 Å². The second-order valence-corrected chi connectivity index (χ2v) is 5.45. The molecule has 0 saturated carbocycles. The summed E-state index contributed by atoms with van der Waals surface area (Å²) < 4.78 is 0. The molecule has 1 rings (SSSR count). The molecular weight excluding hydrogens is 180 g/mol. The zero-order valence-electron chi connectivity index (χ0n) is 10.8. The average molecular weight is 208 g/mol. The number of hydrogen-bond donors (Lipinski definition) is 0. The minimum absolute atomic E-state index is 0.927. The van der Waals surface area contributed by atoms with Crippen LogP contribution < -0.4 is 0 Å². The normalized spacial score (nSPS) is 22.3. The van der Waals surface area contributed by atoms with Gasteiger partial charge in [0.2, 0.25) is 0 Å². The van der Waals surface area contributed by atoms with Crippen molar-refractivity contribution < 1.29 is 0 Å². The van der Waals surface area contributed by atoms with Gasteiger partial charge >= 0.3 is 0 Å². The number of allylic oxidation sites excluding steroid dienone is 2. The SMILES string of the molecule is CCC(C)CCC(C)C1CCC=CCC1. The van der Waals surface area contributed by atoms with Gasteiger partial charge in [0.15, 0.2) is 0 Å². The van der Waals surface area contributed by atoms with Crippen molar-refractivity contribution in [3.63, 3.8) is 0 Å². The molecule has 0 aromatic carbocycles. The van der Waals surface area contributed by atoms with Crippen molar-refractivity contribution >= 4 is 0 Å². The fourth-order valence-electron chi connectivity index (χ4n) is 2.56. The Morgan fingerprint density at radius 3 is 2.20 bits per heavy atom. The Labute approximate surface area is 96.2 Å². The summed E-state index contributed by atoms with van der Waals surface area (Å²) in [6.45, 7) is 7.17. The van der Waals surface area contributed by atoms with E-state index in [-0.39, 0.29) is 0 Å². The van der Waals surface area contributed by atoms with Crippen LogP contribution in [0.1, 0.15) is 65.7 Å². The minimum Gasteiger partial charge on any atom is -0.0885 e. The van der Waals surface area contributed by atoms with Crippen molar-refractivity contribution in [3.8, 4) is 0 Å². The highest BCUT2D eigenvalue weighted by Crippen LogP contribution is 2.30. The van der Waals surface area contributed by atoms with Crippen LogP contribution in [0.25, 0.3) is 0 Å². The Morgan fingerprint density at radius 2 is 1.67 bits per heavy atom. The Bertz CT molecular complexity index is 170. The van der Waals surface area contributed by atoms with Crippen LogP contribution in [0.5, 0.6) is 0 Å². The van der Waals surface area contributed by atoms with E-state index in [4.69, 9.17) is 0 Å². The molecule has 15 heavy (non-hydrogen) atoms. The molecule has 0 aromatic rings. The standard InChI is InChI=1S/C15H28/c1-4-13(2)11-12-14(3)15-9-7-5-6-8-10-15/h5-6,13-15H,4,7-12H2,1-3H3. The van der Waals surface area contributed by atoms with E-state index < -0.39 is 0 Å². The smallest absolute Gasteiger partial charge is 0.0348 e. The predicted octanol–water partition coefficient (Wildman–Crippen LogP) is 5.20. The molecule has 0 fully saturated rings. The Kier molecular flexibility index (Phi) is 6.05. The van der Waals surface area contributed by atoms with Gasteiger partial charge in [-0.05, 0) is 43.4 Å². The Morgan fingerprint density at radius 1 is 1.07 bits per heavy atom. The van der Waals surface area contributed by atoms with Crippen LogP contribution in [0.4, 0.5) is 0 Å². The quantitative estimate of drug-likeness (QED) is 0.545. The van der Waals surface area contributed by atoms with Gasteiger partial charge in [-0.15, -0.1) is 0 Å². The monoisotopic (exact) mass is 208 g/mol. The largest absolute Gasteiger partial charge is 0.0885 e. The third-order valence-electron chi connectivity index (χ3n) is 4.19. The molecule has 0 heterocycles. The van der Waals surface area contributed by atoms with Gasteiger partial charge in [-0.2, -0.15) is 0 Å². The highest BCUT2D eigenvalue weighted by Gasteiger charge is 2.17. The third-order valence-corrected chi connectivity index (χ3v) is 4.19. The lowest BCUT2D eigenvalue weighted by atomic mass is 9.83. The van der Waals surface area contributed by atoms with Crippen LogP contribution in [0.15, 0.2) is 12.2 Å². The van der Waals surface area contributed by atoms with Crippen molar-refractivity contribution in [1.82, 2.24) is 0 Å². The topological polar surface area (TPSA) is 0 Å². The molecule has 0 N–H and O–H groups in total. The number of rotatable bonds is 5. The molecule has 0 saturated heterocycles. The van der Waals surface area contributed by atoms with Crippen molar-refractivity contribution in [3.05, 3.63) is 12.2 Å². The van der Waals surface area contributed by atoms with E-state index in [0.717, 1.165) is 17.8 Å². The minimum atomic E-state index is 0.927. The highest BCUT2D eigenvalue weighted by molar-refractivity contribution is 4.87. The van der Waals surface area contributed by atoms with Crippen LogP contribution in [0, 0.1) is 17.8 Å². The molecule has 88 valence electrons. The van der Waals surface area contributed by atoms with Gasteiger partial charge in [0, 0.05) is 0 Å². The molecule has 0 bridgehead atoms. The van der Waals surface area contributed by atoms with Crippen molar-refractivity contribution in [1.29, 1.82) is 0 Å². The molecule has 1 aliphatic carbocycles. The summed E-state index contributed by atoms with van der Waals surface area (Å²) in [7, 11) is 0. The summed E-state index contributed by atoms with van der Waals surface area (Å²) in [5, 5.41) is 0. The summed E-state index contributed by atoms with van der Waals surface area (Å²) in [5.41, 5.74) is 0. The van der Waals surface area contributed by atoms with Crippen LogP contribution in [-0.2, 0) is 0 Å². The second kappa shape index (κ2) is 7.09. The van der Waals surface area contributed by atoms with E-state index in [1.165, 1.54) is 44.9 Å². The molecule has 1 aliphatic rings. The molecule has 2 atom stereocenters. The van der Waals surface area contributed by atoms with E-state index in [9.17, 15) is 0 Å². The summed E-state index contributed by atoms with van der Waals surface area (Å²) in [6.07, 6.45) is 14.5. The molecular formula is C15H28. The van der Waals surface area contributed by atoms with Crippen molar-refractivity contribution in [2.45, 2.75) is 65.7 Å². The molecule has 0 aromatic heterocycles. The third kappa shape index (κ3) is 4.86. The first-order valence-corrected chi connectivity index (χ1v) is 6.89. The van der Waals surface area contributed by atoms with Crippen LogP contribution >= 0.6 is 0 Å². The summed E-state index contributed by atoms with van der Waals surface area (Å²) in [5.74, 6) is 2.86. The maximum atomic E-state index is 2.47. The molecule has 0 aliphatic heterocycles. The van der Waals surface area contributed by atoms with Gasteiger partial charge in [0.25, 0.3) is 0 Å². The summed E-state index contributed by atoms with van der Waals surface area (Å²) in [4.78, 5) is 0. The Hall–Kier alpha value is -0.260. The first-order valence-electron chi connectivity index (χ1n) is 6.89. The fourth-order valence-corrected chi connectivity index (χ4v) is 2.56. The van der Waals surface area contributed by atoms with Crippen LogP contribution in [0.2, 0.25) is 0 Å². The van der Waals surface area contributed by atoms with Gasteiger partial charge in [-0.3, -0.25) is 0 Å². The van der Waals surface area contributed by atoms with Gasteiger partial charge < -0.3 is 0 Å². The van der Waals surface area contributed by atoms with E-state index in [1.807, 2.05) is 0 Å². The second-order valence-electron chi connectivity index (χ2n) is 5.45. The van der Waals surface area contributed by atoms with E-state index in [2.05, 4.69) is 32.9 Å². The first-order chi connectivity index (χ1) is 7.24. The molecule has 0 spiro atoms. The predicted molar refractivity (Wildman–Crippen MR) is 69.0 cm³/mol.